The van der Waals surface area contributed by atoms with Crippen molar-refractivity contribution in [3.8, 4) is 0 Å². The standard InChI is InChI=1S/C13H16N2O3/c1-13(2,18)12(17)14-7-8-3-4-10-9(5-8)6-11(16)15-10/h3-5,18H,6-7H2,1-2H3,(H,14,17)(H,15,16). The molecule has 0 spiro atoms. The third-order valence-electron chi connectivity index (χ3n) is 2.80. The molecule has 3 N–H and O–H groups in total. The molecular weight excluding hydrogens is 232 g/mol. The number of benzene rings is 1. The molecule has 0 bridgehead atoms. The fourth-order valence-corrected chi connectivity index (χ4v) is 1.79. The van der Waals surface area contributed by atoms with E-state index in [2.05, 4.69) is 10.6 Å². The normalized spacial score (nSPS) is 14.1. The number of nitrogens with one attached hydrogen (secondary N) is 2. The molecule has 1 aliphatic heterocycles. The van der Waals surface area contributed by atoms with E-state index in [1.165, 1.54) is 13.8 Å². The first-order valence-corrected chi connectivity index (χ1v) is 5.78. The van der Waals surface area contributed by atoms with Crippen molar-refractivity contribution in [2.24, 2.45) is 0 Å². The molecule has 18 heavy (non-hydrogen) atoms. The second-order valence-electron chi connectivity index (χ2n) is 4.96. The van der Waals surface area contributed by atoms with Gasteiger partial charge in [-0.1, -0.05) is 12.1 Å². The maximum Gasteiger partial charge on any atom is 0.251 e. The monoisotopic (exact) mass is 248 g/mol. The third-order valence-corrected chi connectivity index (χ3v) is 2.80. The fourth-order valence-electron chi connectivity index (χ4n) is 1.79. The number of carbonyl (C=O) groups excluding carboxylic acids is 2. The van der Waals surface area contributed by atoms with Gasteiger partial charge in [-0.2, -0.15) is 0 Å². The van der Waals surface area contributed by atoms with Gasteiger partial charge < -0.3 is 15.7 Å². The molecule has 0 atom stereocenters. The van der Waals surface area contributed by atoms with Crippen molar-refractivity contribution >= 4 is 17.5 Å². The average molecular weight is 248 g/mol. The van der Waals surface area contributed by atoms with Crippen LogP contribution in [0.5, 0.6) is 0 Å². The molecule has 0 aromatic heterocycles. The Balaban J connectivity index is 2.02. The Morgan fingerprint density at radius 2 is 2.22 bits per heavy atom. The molecule has 2 amide bonds. The van der Waals surface area contributed by atoms with Gasteiger partial charge in [0.25, 0.3) is 5.91 Å². The van der Waals surface area contributed by atoms with Crippen molar-refractivity contribution in [2.45, 2.75) is 32.4 Å². The minimum atomic E-state index is -1.38. The molecule has 96 valence electrons. The van der Waals surface area contributed by atoms with Gasteiger partial charge in [0.05, 0.1) is 6.42 Å². The Hall–Kier alpha value is -1.88. The maximum absolute atomic E-state index is 11.5. The molecule has 0 saturated heterocycles. The van der Waals surface area contributed by atoms with Gasteiger partial charge in [-0.25, -0.2) is 0 Å². The minimum absolute atomic E-state index is 0.0114. The van der Waals surface area contributed by atoms with E-state index in [0.717, 1.165) is 16.8 Å². The van der Waals surface area contributed by atoms with Crippen LogP contribution >= 0.6 is 0 Å². The van der Waals surface area contributed by atoms with E-state index < -0.39 is 11.5 Å². The predicted molar refractivity (Wildman–Crippen MR) is 66.9 cm³/mol. The lowest BCUT2D eigenvalue weighted by molar-refractivity contribution is -0.136. The van der Waals surface area contributed by atoms with Crippen molar-refractivity contribution in [3.63, 3.8) is 0 Å². The van der Waals surface area contributed by atoms with E-state index in [9.17, 15) is 14.7 Å². The molecule has 1 aromatic carbocycles. The second-order valence-corrected chi connectivity index (χ2v) is 4.96. The quantitative estimate of drug-likeness (QED) is 0.731. The molecule has 1 heterocycles. The summed E-state index contributed by atoms with van der Waals surface area (Å²) in [5, 5.41) is 14.9. The first kappa shape index (κ1) is 12.6. The molecule has 0 unspecified atom stereocenters. The van der Waals surface area contributed by atoms with Crippen LogP contribution in [0, 0.1) is 0 Å². The van der Waals surface area contributed by atoms with Crippen molar-refractivity contribution in [2.75, 3.05) is 5.32 Å². The van der Waals surface area contributed by atoms with Crippen molar-refractivity contribution in [1.29, 1.82) is 0 Å². The summed E-state index contributed by atoms with van der Waals surface area (Å²) in [7, 11) is 0. The topological polar surface area (TPSA) is 78.4 Å². The van der Waals surface area contributed by atoms with Gasteiger partial charge >= 0.3 is 0 Å². The van der Waals surface area contributed by atoms with Crippen LogP contribution in [-0.2, 0) is 22.6 Å². The zero-order valence-electron chi connectivity index (χ0n) is 10.4. The van der Waals surface area contributed by atoms with E-state index in [1.54, 1.807) is 0 Å². The Labute approximate surface area is 105 Å². The van der Waals surface area contributed by atoms with Gasteiger partial charge in [-0.05, 0) is 31.0 Å². The number of carbonyl (C=O) groups is 2. The molecule has 5 nitrogen and oxygen atoms in total. The van der Waals surface area contributed by atoms with Crippen molar-refractivity contribution < 1.29 is 14.7 Å². The lowest BCUT2D eigenvalue weighted by atomic mass is 10.1. The van der Waals surface area contributed by atoms with Crippen molar-refractivity contribution in [3.05, 3.63) is 29.3 Å². The summed E-state index contributed by atoms with van der Waals surface area (Å²) in [5.41, 5.74) is 1.30. The summed E-state index contributed by atoms with van der Waals surface area (Å²) in [6.07, 6.45) is 0.378. The molecule has 1 aliphatic rings. The van der Waals surface area contributed by atoms with Gasteiger partial charge in [0, 0.05) is 12.2 Å². The van der Waals surface area contributed by atoms with E-state index in [1.807, 2.05) is 18.2 Å². The lowest BCUT2D eigenvalue weighted by Crippen LogP contribution is -2.41. The molecule has 0 radical (unpaired) electrons. The summed E-state index contributed by atoms with van der Waals surface area (Å²) >= 11 is 0. The van der Waals surface area contributed by atoms with E-state index in [-0.39, 0.29) is 5.91 Å². The van der Waals surface area contributed by atoms with Crippen LogP contribution in [0.25, 0.3) is 0 Å². The smallest absolute Gasteiger partial charge is 0.251 e. The Morgan fingerprint density at radius 1 is 1.50 bits per heavy atom. The number of anilines is 1. The van der Waals surface area contributed by atoms with E-state index in [0.29, 0.717) is 13.0 Å². The summed E-state index contributed by atoms with van der Waals surface area (Å²) in [4.78, 5) is 22.7. The first-order valence-electron chi connectivity index (χ1n) is 5.78. The average Bonchev–Trinajstić information content (AvgIpc) is 2.63. The summed E-state index contributed by atoms with van der Waals surface area (Å²) in [5.74, 6) is -0.431. The van der Waals surface area contributed by atoms with Crippen LogP contribution in [-0.4, -0.2) is 22.5 Å². The number of aliphatic hydroxyl groups is 1. The molecule has 0 saturated carbocycles. The highest BCUT2D eigenvalue weighted by Gasteiger charge is 2.23. The number of rotatable bonds is 3. The van der Waals surface area contributed by atoms with Crippen LogP contribution < -0.4 is 10.6 Å². The number of fused-ring (bicyclic) bond motifs is 1. The van der Waals surface area contributed by atoms with Crippen LogP contribution in [0.4, 0.5) is 5.69 Å². The zero-order valence-corrected chi connectivity index (χ0v) is 10.4. The summed E-state index contributed by atoms with van der Waals surface area (Å²) < 4.78 is 0. The molecule has 0 aliphatic carbocycles. The van der Waals surface area contributed by atoms with Gasteiger partial charge in [0.15, 0.2) is 0 Å². The summed E-state index contributed by atoms with van der Waals surface area (Å²) in [6, 6.07) is 5.55. The Morgan fingerprint density at radius 3 is 2.89 bits per heavy atom. The Kier molecular flexibility index (Phi) is 3.09. The van der Waals surface area contributed by atoms with Gasteiger partial charge in [-0.3, -0.25) is 9.59 Å². The molecule has 2 rings (SSSR count). The number of hydrogen-bond donors (Lipinski definition) is 3. The first-order chi connectivity index (χ1) is 8.36. The number of hydrogen-bond acceptors (Lipinski definition) is 3. The largest absolute Gasteiger partial charge is 0.381 e. The van der Waals surface area contributed by atoms with Crippen LogP contribution in [0.2, 0.25) is 0 Å². The van der Waals surface area contributed by atoms with E-state index in [4.69, 9.17) is 0 Å². The molecular formula is C13H16N2O3. The molecule has 5 heteroatoms. The van der Waals surface area contributed by atoms with Crippen LogP contribution in [0.3, 0.4) is 0 Å². The maximum atomic E-state index is 11.5. The molecule has 0 fully saturated rings. The summed E-state index contributed by atoms with van der Waals surface area (Å²) in [6.45, 7) is 3.21. The predicted octanol–water partition coefficient (Wildman–Crippen LogP) is 0.568. The highest BCUT2D eigenvalue weighted by Crippen LogP contribution is 2.23. The minimum Gasteiger partial charge on any atom is -0.381 e. The highest BCUT2D eigenvalue weighted by atomic mass is 16.3. The SMILES string of the molecule is CC(C)(O)C(=O)NCc1ccc2c(c1)CC(=O)N2. The lowest BCUT2D eigenvalue weighted by Gasteiger charge is -2.16. The highest BCUT2D eigenvalue weighted by molar-refractivity contribution is 5.99. The van der Waals surface area contributed by atoms with Gasteiger partial charge in [0.1, 0.15) is 5.60 Å². The fraction of sp³-hybridized carbons (Fsp3) is 0.385. The van der Waals surface area contributed by atoms with Crippen LogP contribution in [0.1, 0.15) is 25.0 Å². The van der Waals surface area contributed by atoms with Crippen molar-refractivity contribution in [1.82, 2.24) is 5.32 Å². The van der Waals surface area contributed by atoms with Crippen LogP contribution in [0.15, 0.2) is 18.2 Å². The van der Waals surface area contributed by atoms with Gasteiger partial charge in [-0.15, -0.1) is 0 Å². The van der Waals surface area contributed by atoms with E-state index >= 15 is 0 Å². The van der Waals surface area contributed by atoms with Gasteiger partial charge in [0.2, 0.25) is 5.91 Å². The third kappa shape index (κ3) is 2.68. The number of amides is 2. The molecule has 1 aromatic rings. The second kappa shape index (κ2) is 4.42. The zero-order chi connectivity index (χ0) is 13.3. The Bertz CT molecular complexity index is 503.